The zero-order chi connectivity index (χ0) is 15.6. The molecular weight excluding hydrogens is 306 g/mol. The number of pyridine rings is 1. The smallest absolute Gasteiger partial charge is 0.251 e. The summed E-state index contributed by atoms with van der Waals surface area (Å²) in [5, 5.41) is 4.07. The molecule has 0 unspecified atom stereocenters. The molecule has 0 bridgehead atoms. The number of halogens is 1. The monoisotopic (exact) mass is 323 g/mol. The van der Waals surface area contributed by atoms with Crippen LogP contribution in [0.1, 0.15) is 46.7 Å². The molecule has 0 spiro atoms. The van der Waals surface area contributed by atoms with Crippen LogP contribution in [0, 0.1) is 6.92 Å². The van der Waals surface area contributed by atoms with Crippen LogP contribution in [0.25, 0.3) is 0 Å². The third-order valence-corrected chi connectivity index (χ3v) is 4.00. The molecule has 2 heterocycles. The number of nitrogens with one attached hydrogen (secondary N) is 1. The molecule has 0 radical (unpaired) electrons. The number of carbonyl (C=O) groups is 1. The predicted molar refractivity (Wildman–Crippen MR) is 86.0 cm³/mol. The summed E-state index contributed by atoms with van der Waals surface area (Å²) in [6, 6.07) is 3.37. The van der Waals surface area contributed by atoms with Gasteiger partial charge in [-0.1, -0.05) is 32.4 Å². The highest BCUT2D eigenvalue weighted by molar-refractivity contribution is 7.11. The van der Waals surface area contributed by atoms with E-state index in [1.54, 1.807) is 29.7 Å². The van der Waals surface area contributed by atoms with Crippen LogP contribution < -0.4 is 5.32 Å². The van der Waals surface area contributed by atoms with Crippen LogP contribution in [0.4, 0.5) is 0 Å². The van der Waals surface area contributed by atoms with E-state index in [0.29, 0.717) is 17.3 Å². The molecule has 2 rings (SSSR count). The zero-order valence-corrected chi connectivity index (χ0v) is 14.1. The second-order valence-corrected chi connectivity index (χ2v) is 7.57. The Labute approximate surface area is 133 Å². The molecule has 1 N–H and O–H groups in total. The topological polar surface area (TPSA) is 54.9 Å². The van der Waals surface area contributed by atoms with Crippen LogP contribution in [0.3, 0.4) is 0 Å². The standard InChI is InChI=1S/C15H18ClN3OS/c1-9-7-17-13(21-9)8-18-14(20)10-5-11(15(2,3)4)19-12(16)6-10/h5-7H,8H2,1-4H3,(H,18,20). The molecule has 0 atom stereocenters. The summed E-state index contributed by atoms with van der Waals surface area (Å²) >= 11 is 7.59. The van der Waals surface area contributed by atoms with E-state index in [4.69, 9.17) is 11.6 Å². The van der Waals surface area contributed by atoms with Crippen molar-refractivity contribution in [1.29, 1.82) is 0 Å². The molecule has 2 aromatic rings. The van der Waals surface area contributed by atoms with Gasteiger partial charge in [0.2, 0.25) is 0 Å². The summed E-state index contributed by atoms with van der Waals surface area (Å²) in [4.78, 5) is 21.9. The van der Waals surface area contributed by atoms with Crippen molar-refractivity contribution in [2.24, 2.45) is 0 Å². The van der Waals surface area contributed by atoms with Crippen molar-refractivity contribution in [2.75, 3.05) is 0 Å². The highest BCUT2D eigenvalue weighted by Gasteiger charge is 2.19. The Morgan fingerprint density at radius 3 is 2.67 bits per heavy atom. The van der Waals surface area contributed by atoms with Crippen molar-refractivity contribution in [1.82, 2.24) is 15.3 Å². The Balaban J connectivity index is 2.13. The van der Waals surface area contributed by atoms with Gasteiger partial charge < -0.3 is 5.32 Å². The van der Waals surface area contributed by atoms with Crippen molar-refractivity contribution in [3.8, 4) is 0 Å². The molecule has 2 aromatic heterocycles. The van der Waals surface area contributed by atoms with Gasteiger partial charge in [0.25, 0.3) is 5.91 Å². The predicted octanol–water partition coefficient (Wildman–Crippen LogP) is 3.73. The maximum atomic E-state index is 12.2. The van der Waals surface area contributed by atoms with Gasteiger partial charge in [0.15, 0.2) is 0 Å². The molecule has 0 aliphatic heterocycles. The number of amides is 1. The van der Waals surface area contributed by atoms with Gasteiger partial charge in [0, 0.05) is 27.7 Å². The van der Waals surface area contributed by atoms with Gasteiger partial charge in [-0.05, 0) is 19.1 Å². The van der Waals surface area contributed by atoms with Gasteiger partial charge in [0.1, 0.15) is 10.2 Å². The van der Waals surface area contributed by atoms with E-state index in [1.807, 2.05) is 27.7 Å². The Bertz CT molecular complexity index is 661. The number of aryl methyl sites for hydroxylation is 1. The van der Waals surface area contributed by atoms with Crippen LogP contribution in [-0.2, 0) is 12.0 Å². The fourth-order valence-electron chi connectivity index (χ4n) is 1.75. The number of hydrogen-bond donors (Lipinski definition) is 1. The third kappa shape index (κ3) is 4.25. The molecule has 0 fully saturated rings. The Kier molecular flexibility index (Phi) is 4.64. The first-order chi connectivity index (χ1) is 9.75. The van der Waals surface area contributed by atoms with Gasteiger partial charge in [-0.25, -0.2) is 9.97 Å². The number of hydrogen-bond acceptors (Lipinski definition) is 4. The second-order valence-electron chi connectivity index (χ2n) is 5.86. The zero-order valence-electron chi connectivity index (χ0n) is 12.5. The summed E-state index contributed by atoms with van der Waals surface area (Å²) < 4.78 is 0. The van der Waals surface area contributed by atoms with Gasteiger partial charge in [-0.15, -0.1) is 11.3 Å². The molecule has 0 aliphatic carbocycles. The van der Waals surface area contributed by atoms with Crippen LogP contribution >= 0.6 is 22.9 Å². The molecule has 21 heavy (non-hydrogen) atoms. The van der Waals surface area contributed by atoms with Crippen LogP contribution in [-0.4, -0.2) is 15.9 Å². The quantitative estimate of drug-likeness (QED) is 0.876. The lowest BCUT2D eigenvalue weighted by Gasteiger charge is -2.18. The van der Waals surface area contributed by atoms with E-state index in [0.717, 1.165) is 15.6 Å². The third-order valence-electron chi connectivity index (χ3n) is 2.89. The number of carbonyl (C=O) groups excluding carboxylic acids is 1. The average molecular weight is 324 g/mol. The lowest BCUT2D eigenvalue weighted by atomic mass is 9.91. The lowest BCUT2D eigenvalue weighted by Crippen LogP contribution is -2.24. The van der Waals surface area contributed by atoms with E-state index in [1.165, 1.54) is 0 Å². The summed E-state index contributed by atoms with van der Waals surface area (Å²) in [7, 11) is 0. The minimum absolute atomic E-state index is 0.160. The highest BCUT2D eigenvalue weighted by atomic mass is 35.5. The number of rotatable bonds is 3. The summed E-state index contributed by atoms with van der Waals surface area (Å²) in [5.74, 6) is -0.169. The lowest BCUT2D eigenvalue weighted by molar-refractivity contribution is 0.0950. The fraction of sp³-hybridized carbons (Fsp3) is 0.400. The first-order valence-corrected chi connectivity index (χ1v) is 7.83. The number of nitrogens with zero attached hydrogens (tertiary/aromatic N) is 2. The molecule has 0 aliphatic rings. The Morgan fingerprint density at radius 2 is 2.10 bits per heavy atom. The minimum Gasteiger partial charge on any atom is -0.346 e. The van der Waals surface area contributed by atoms with Gasteiger partial charge >= 0.3 is 0 Å². The maximum absolute atomic E-state index is 12.2. The van der Waals surface area contributed by atoms with Crippen molar-refractivity contribution < 1.29 is 4.79 Å². The van der Waals surface area contributed by atoms with E-state index in [-0.39, 0.29) is 11.3 Å². The van der Waals surface area contributed by atoms with Gasteiger partial charge in [0.05, 0.1) is 6.54 Å². The molecule has 1 amide bonds. The van der Waals surface area contributed by atoms with Crippen LogP contribution in [0.5, 0.6) is 0 Å². The van der Waals surface area contributed by atoms with Gasteiger partial charge in [-0.2, -0.15) is 0 Å². The van der Waals surface area contributed by atoms with Crippen molar-refractivity contribution in [3.63, 3.8) is 0 Å². The number of aromatic nitrogens is 2. The summed E-state index contributed by atoms with van der Waals surface area (Å²) in [6.07, 6.45) is 1.80. The molecule has 0 saturated heterocycles. The van der Waals surface area contributed by atoms with Crippen molar-refractivity contribution >= 4 is 28.8 Å². The van der Waals surface area contributed by atoms with E-state index < -0.39 is 0 Å². The summed E-state index contributed by atoms with van der Waals surface area (Å²) in [5.41, 5.74) is 1.16. The minimum atomic E-state index is -0.169. The number of thiazole rings is 1. The molecule has 4 nitrogen and oxygen atoms in total. The fourth-order valence-corrected chi connectivity index (χ4v) is 2.69. The highest BCUT2D eigenvalue weighted by Crippen LogP contribution is 2.23. The van der Waals surface area contributed by atoms with Gasteiger partial charge in [-0.3, -0.25) is 4.79 Å². The maximum Gasteiger partial charge on any atom is 0.251 e. The van der Waals surface area contributed by atoms with E-state index in [2.05, 4.69) is 15.3 Å². The Morgan fingerprint density at radius 1 is 1.38 bits per heavy atom. The molecule has 112 valence electrons. The molecular formula is C15H18ClN3OS. The average Bonchev–Trinajstić information content (AvgIpc) is 2.80. The molecule has 6 heteroatoms. The van der Waals surface area contributed by atoms with Crippen molar-refractivity contribution in [2.45, 2.75) is 39.7 Å². The first-order valence-electron chi connectivity index (χ1n) is 6.63. The normalized spacial score (nSPS) is 11.5. The van der Waals surface area contributed by atoms with Crippen molar-refractivity contribution in [3.05, 3.63) is 44.6 Å². The van der Waals surface area contributed by atoms with E-state index in [9.17, 15) is 4.79 Å². The summed E-state index contributed by atoms with van der Waals surface area (Å²) in [6.45, 7) is 8.51. The Hall–Kier alpha value is -1.46. The molecule has 0 aromatic carbocycles. The molecule has 0 saturated carbocycles. The SMILES string of the molecule is Cc1cnc(CNC(=O)c2cc(Cl)nc(C(C)(C)C)c2)s1. The van der Waals surface area contributed by atoms with Crippen LogP contribution in [0.15, 0.2) is 18.3 Å². The largest absolute Gasteiger partial charge is 0.346 e. The second kappa shape index (κ2) is 6.12. The van der Waals surface area contributed by atoms with Crippen LogP contribution in [0.2, 0.25) is 5.15 Å². The van der Waals surface area contributed by atoms with E-state index >= 15 is 0 Å². The first kappa shape index (κ1) is 15.9.